The number of nitrogen functional groups attached to an aromatic ring is 1. The Morgan fingerprint density at radius 3 is 2.84 bits per heavy atom. The van der Waals surface area contributed by atoms with Gasteiger partial charge in [0.05, 0.1) is 17.3 Å². The van der Waals surface area contributed by atoms with Gasteiger partial charge in [-0.2, -0.15) is 5.26 Å². The Morgan fingerprint density at radius 1 is 1.37 bits per heavy atom. The molecule has 0 atom stereocenters. The molecule has 0 bridgehead atoms. The van der Waals surface area contributed by atoms with E-state index < -0.39 is 0 Å². The molecule has 0 aliphatic rings. The molecule has 0 aliphatic carbocycles. The molecule has 0 radical (unpaired) electrons. The van der Waals surface area contributed by atoms with Crippen LogP contribution in [0.15, 0.2) is 42.6 Å². The second-order valence-electron chi connectivity index (χ2n) is 3.97. The van der Waals surface area contributed by atoms with E-state index in [1.54, 1.807) is 43.4 Å². The first-order valence-electron chi connectivity index (χ1n) is 5.62. The van der Waals surface area contributed by atoms with Crippen LogP contribution in [0.1, 0.15) is 16.1 Å². The molecule has 2 N–H and O–H groups in total. The quantitative estimate of drug-likeness (QED) is 0.883. The van der Waals surface area contributed by atoms with Gasteiger partial charge in [-0.15, -0.1) is 0 Å². The predicted molar refractivity (Wildman–Crippen MR) is 72.5 cm³/mol. The molecule has 0 spiro atoms. The zero-order chi connectivity index (χ0) is 13.8. The van der Waals surface area contributed by atoms with Gasteiger partial charge in [0.15, 0.2) is 5.69 Å². The van der Waals surface area contributed by atoms with Crippen LogP contribution in [-0.2, 0) is 0 Å². The highest BCUT2D eigenvalue weighted by molar-refractivity contribution is 6.07. The molecule has 0 fully saturated rings. The number of hydrogen-bond acceptors (Lipinski definition) is 4. The van der Waals surface area contributed by atoms with E-state index in [1.165, 1.54) is 11.1 Å². The molecule has 94 valence electrons. The van der Waals surface area contributed by atoms with Gasteiger partial charge in [0.25, 0.3) is 5.91 Å². The van der Waals surface area contributed by atoms with Crippen LogP contribution in [0.2, 0.25) is 0 Å². The molecule has 1 amide bonds. The van der Waals surface area contributed by atoms with Gasteiger partial charge in [-0.1, -0.05) is 6.07 Å². The number of pyridine rings is 1. The summed E-state index contributed by atoms with van der Waals surface area (Å²) in [5.41, 5.74) is 7.37. The third-order valence-corrected chi connectivity index (χ3v) is 2.71. The Morgan fingerprint density at radius 2 is 2.16 bits per heavy atom. The molecule has 0 unspecified atom stereocenters. The van der Waals surface area contributed by atoms with Crippen LogP contribution < -0.4 is 10.6 Å². The van der Waals surface area contributed by atoms with Crippen molar-refractivity contribution in [2.24, 2.45) is 0 Å². The van der Waals surface area contributed by atoms with Crippen molar-refractivity contribution in [1.82, 2.24) is 4.98 Å². The summed E-state index contributed by atoms with van der Waals surface area (Å²) in [6.07, 6.45) is 1.52. The average molecular weight is 252 g/mol. The van der Waals surface area contributed by atoms with Crippen molar-refractivity contribution < 1.29 is 4.79 Å². The second-order valence-corrected chi connectivity index (χ2v) is 3.97. The SMILES string of the molecule is CN(C(=O)c1ncccc1N)c1cccc(C#N)c1. The number of aromatic nitrogens is 1. The lowest BCUT2D eigenvalue weighted by Gasteiger charge is -2.17. The third-order valence-electron chi connectivity index (χ3n) is 2.71. The van der Waals surface area contributed by atoms with Crippen molar-refractivity contribution in [3.8, 4) is 6.07 Å². The Labute approximate surface area is 110 Å². The van der Waals surface area contributed by atoms with Gasteiger partial charge in [0.1, 0.15) is 0 Å². The zero-order valence-electron chi connectivity index (χ0n) is 10.4. The summed E-state index contributed by atoms with van der Waals surface area (Å²) < 4.78 is 0. The molecule has 2 aromatic rings. The van der Waals surface area contributed by atoms with Gasteiger partial charge < -0.3 is 10.6 Å². The van der Waals surface area contributed by atoms with Crippen LogP contribution in [0, 0.1) is 11.3 Å². The zero-order valence-corrected chi connectivity index (χ0v) is 10.4. The molecular weight excluding hydrogens is 240 g/mol. The molecule has 5 heteroatoms. The van der Waals surface area contributed by atoms with Crippen molar-refractivity contribution in [3.05, 3.63) is 53.9 Å². The monoisotopic (exact) mass is 252 g/mol. The molecule has 0 saturated carbocycles. The maximum absolute atomic E-state index is 12.3. The highest BCUT2D eigenvalue weighted by Crippen LogP contribution is 2.18. The van der Waals surface area contributed by atoms with Crippen LogP contribution in [-0.4, -0.2) is 17.9 Å². The van der Waals surface area contributed by atoms with Crippen LogP contribution in [0.25, 0.3) is 0 Å². The maximum atomic E-state index is 12.3. The number of carbonyl (C=O) groups is 1. The summed E-state index contributed by atoms with van der Waals surface area (Å²) in [6, 6.07) is 12.1. The number of amides is 1. The summed E-state index contributed by atoms with van der Waals surface area (Å²) in [5.74, 6) is -0.312. The van der Waals surface area contributed by atoms with E-state index >= 15 is 0 Å². The van der Waals surface area contributed by atoms with Gasteiger partial charge >= 0.3 is 0 Å². The lowest BCUT2D eigenvalue weighted by atomic mass is 10.2. The summed E-state index contributed by atoms with van der Waals surface area (Å²) in [5, 5.41) is 8.86. The van der Waals surface area contributed by atoms with Gasteiger partial charge in [-0.3, -0.25) is 4.79 Å². The van der Waals surface area contributed by atoms with Gasteiger partial charge in [0, 0.05) is 18.9 Å². The molecule has 1 aromatic carbocycles. The van der Waals surface area contributed by atoms with Crippen molar-refractivity contribution in [2.45, 2.75) is 0 Å². The number of rotatable bonds is 2. The van der Waals surface area contributed by atoms with E-state index in [2.05, 4.69) is 4.98 Å². The van der Waals surface area contributed by atoms with Crippen LogP contribution in [0.4, 0.5) is 11.4 Å². The number of nitriles is 1. The van der Waals surface area contributed by atoms with Crippen molar-refractivity contribution in [1.29, 1.82) is 5.26 Å². The van der Waals surface area contributed by atoms with Crippen LogP contribution >= 0.6 is 0 Å². The van der Waals surface area contributed by atoms with Crippen molar-refractivity contribution in [2.75, 3.05) is 17.7 Å². The molecule has 5 nitrogen and oxygen atoms in total. The van der Waals surface area contributed by atoms with E-state index in [0.717, 1.165) is 0 Å². The van der Waals surface area contributed by atoms with E-state index in [-0.39, 0.29) is 11.6 Å². The van der Waals surface area contributed by atoms with Crippen molar-refractivity contribution in [3.63, 3.8) is 0 Å². The molecular formula is C14H12N4O. The smallest absolute Gasteiger partial charge is 0.278 e. The summed E-state index contributed by atoms with van der Waals surface area (Å²) in [4.78, 5) is 17.7. The van der Waals surface area contributed by atoms with Gasteiger partial charge in [-0.25, -0.2) is 4.98 Å². The molecule has 2 rings (SSSR count). The van der Waals surface area contributed by atoms with Crippen LogP contribution in [0.3, 0.4) is 0 Å². The molecule has 19 heavy (non-hydrogen) atoms. The van der Waals surface area contributed by atoms with E-state index in [4.69, 9.17) is 11.0 Å². The minimum Gasteiger partial charge on any atom is -0.397 e. The minimum absolute atomic E-state index is 0.201. The topological polar surface area (TPSA) is 83.0 Å². The summed E-state index contributed by atoms with van der Waals surface area (Å²) in [7, 11) is 1.62. The Balaban J connectivity index is 2.34. The fourth-order valence-corrected chi connectivity index (χ4v) is 1.66. The Hall–Kier alpha value is -2.87. The Bertz CT molecular complexity index is 660. The highest BCUT2D eigenvalue weighted by Gasteiger charge is 2.17. The maximum Gasteiger partial charge on any atom is 0.278 e. The van der Waals surface area contributed by atoms with E-state index in [1.807, 2.05) is 6.07 Å². The number of nitrogens with two attached hydrogens (primary N) is 1. The first-order chi connectivity index (χ1) is 9.13. The summed E-state index contributed by atoms with van der Waals surface area (Å²) in [6.45, 7) is 0. The van der Waals surface area contributed by atoms with Gasteiger partial charge in [0.2, 0.25) is 0 Å². The number of benzene rings is 1. The fourth-order valence-electron chi connectivity index (χ4n) is 1.66. The summed E-state index contributed by atoms with van der Waals surface area (Å²) >= 11 is 0. The Kier molecular flexibility index (Phi) is 3.44. The van der Waals surface area contributed by atoms with Gasteiger partial charge in [-0.05, 0) is 30.3 Å². The number of carbonyl (C=O) groups excluding carboxylic acids is 1. The first kappa shape index (κ1) is 12.6. The van der Waals surface area contributed by atoms with E-state index in [0.29, 0.717) is 16.9 Å². The minimum atomic E-state index is -0.312. The predicted octanol–water partition coefficient (Wildman–Crippen LogP) is 1.81. The second kappa shape index (κ2) is 5.19. The van der Waals surface area contributed by atoms with Crippen LogP contribution in [0.5, 0.6) is 0 Å². The largest absolute Gasteiger partial charge is 0.397 e. The normalized spacial score (nSPS) is 9.68. The number of hydrogen-bond donors (Lipinski definition) is 1. The first-order valence-corrected chi connectivity index (χ1v) is 5.62. The third kappa shape index (κ3) is 2.53. The van der Waals surface area contributed by atoms with E-state index in [9.17, 15) is 4.79 Å². The average Bonchev–Trinajstić information content (AvgIpc) is 2.46. The fraction of sp³-hybridized carbons (Fsp3) is 0.0714. The lowest BCUT2D eigenvalue weighted by Crippen LogP contribution is -2.28. The highest BCUT2D eigenvalue weighted by atomic mass is 16.2. The van der Waals surface area contributed by atoms with Crippen molar-refractivity contribution >= 4 is 17.3 Å². The number of nitrogens with zero attached hydrogens (tertiary/aromatic N) is 3. The molecule has 0 aliphatic heterocycles. The number of anilines is 2. The molecule has 1 heterocycles. The molecule has 1 aromatic heterocycles. The standard InChI is InChI=1S/C14H12N4O/c1-18(11-5-2-4-10(8-11)9-15)14(19)13-12(16)6-3-7-17-13/h2-8H,16H2,1H3. The lowest BCUT2D eigenvalue weighted by molar-refractivity contribution is 0.0989. The molecule has 0 saturated heterocycles.